The second-order valence-corrected chi connectivity index (χ2v) is 7.80. The Bertz CT molecular complexity index is 793. The second-order valence-electron chi connectivity index (χ2n) is 7.37. The Labute approximate surface area is 165 Å². The van der Waals surface area contributed by atoms with Gasteiger partial charge in [-0.15, -0.1) is 0 Å². The molecule has 1 aliphatic rings. The van der Waals surface area contributed by atoms with Crippen molar-refractivity contribution in [2.45, 2.75) is 45.2 Å². The van der Waals surface area contributed by atoms with E-state index in [0.29, 0.717) is 5.69 Å². The first-order valence-electron chi connectivity index (χ1n) is 9.33. The molecule has 6 nitrogen and oxygen atoms in total. The van der Waals surface area contributed by atoms with Gasteiger partial charge >= 0.3 is 0 Å². The lowest BCUT2D eigenvalue weighted by Crippen LogP contribution is -2.47. The number of benzene rings is 1. The number of hydrogen-bond donors (Lipinski definition) is 2. The van der Waals surface area contributed by atoms with Crippen LogP contribution in [-0.4, -0.2) is 39.9 Å². The molecule has 3 rings (SSSR count). The summed E-state index contributed by atoms with van der Waals surface area (Å²) in [6, 6.07) is 9.73. The molecule has 1 amide bonds. The fourth-order valence-corrected chi connectivity index (χ4v) is 3.45. The number of nitrogens with one attached hydrogen (secondary N) is 1. The van der Waals surface area contributed by atoms with Crippen LogP contribution in [0.2, 0.25) is 5.02 Å². The maximum Gasteiger partial charge on any atom is 0.270 e. The van der Waals surface area contributed by atoms with E-state index in [1.165, 1.54) is 5.56 Å². The molecule has 0 bridgehead atoms. The molecule has 3 N–H and O–H groups in total. The summed E-state index contributed by atoms with van der Waals surface area (Å²) in [6.07, 6.45) is 2.00. The van der Waals surface area contributed by atoms with E-state index in [4.69, 9.17) is 17.3 Å². The largest absolute Gasteiger partial charge is 0.368 e. The molecule has 1 aromatic heterocycles. The monoisotopic (exact) mass is 387 g/mol. The molecular formula is C20H26ClN5O. The van der Waals surface area contributed by atoms with Gasteiger partial charge in [0.15, 0.2) is 0 Å². The molecule has 1 saturated heterocycles. The molecular weight excluding hydrogens is 362 g/mol. The summed E-state index contributed by atoms with van der Waals surface area (Å²) >= 11 is 5.95. The predicted molar refractivity (Wildman–Crippen MR) is 108 cm³/mol. The lowest BCUT2D eigenvalue weighted by atomic mass is 10.0. The number of hydrogen-bond acceptors (Lipinski definition) is 5. The van der Waals surface area contributed by atoms with Gasteiger partial charge in [0.2, 0.25) is 5.95 Å². The highest BCUT2D eigenvalue weighted by Crippen LogP contribution is 2.17. The van der Waals surface area contributed by atoms with Crippen LogP contribution in [0.1, 0.15) is 54.4 Å². The van der Waals surface area contributed by atoms with Gasteiger partial charge in [0.05, 0.1) is 0 Å². The van der Waals surface area contributed by atoms with E-state index in [2.05, 4.69) is 20.2 Å². The van der Waals surface area contributed by atoms with Crippen molar-refractivity contribution < 1.29 is 4.79 Å². The summed E-state index contributed by atoms with van der Waals surface area (Å²) in [4.78, 5) is 23.3. The first kappa shape index (κ1) is 19.6. The lowest BCUT2D eigenvalue weighted by molar-refractivity contribution is 0.0895. The average Bonchev–Trinajstić information content (AvgIpc) is 2.63. The normalized spacial score (nSPS) is 17.9. The third kappa shape index (κ3) is 5.40. The van der Waals surface area contributed by atoms with Crippen molar-refractivity contribution in [3.05, 3.63) is 52.3 Å². The van der Waals surface area contributed by atoms with E-state index in [0.717, 1.165) is 43.2 Å². The zero-order valence-corrected chi connectivity index (χ0v) is 16.5. The minimum Gasteiger partial charge on any atom is -0.368 e. The van der Waals surface area contributed by atoms with E-state index in [9.17, 15) is 4.79 Å². The number of halogens is 1. The highest BCUT2D eigenvalue weighted by atomic mass is 35.5. The number of anilines is 1. The number of aromatic nitrogens is 2. The highest BCUT2D eigenvalue weighted by Gasteiger charge is 2.23. The Kier molecular flexibility index (Phi) is 6.29. The topological polar surface area (TPSA) is 84.1 Å². The Morgan fingerprint density at radius 3 is 2.78 bits per heavy atom. The van der Waals surface area contributed by atoms with E-state index < -0.39 is 0 Å². The summed E-state index contributed by atoms with van der Waals surface area (Å²) in [7, 11) is 0. The zero-order chi connectivity index (χ0) is 19.4. The van der Waals surface area contributed by atoms with Crippen LogP contribution < -0.4 is 11.1 Å². The van der Waals surface area contributed by atoms with Crippen molar-refractivity contribution in [1.82, 2.24) is 20.2 Å². The third-order valence-electron chi connectivity index (χ3n) is 4.75. The number of nitrogen functional groups attached to an aromatic ring is 1. The molecule has 1 aliphatic heterocycles. The Morgan fingerprint density at radius 2 is 2.07 bits per heavy atom. The van der Waals surface area contributed by atoms with Gasteiger partial charge in [-0.2, -0.15) is 0 Å². The average molecular weight is 388 g/mol. The van der Waals surface area contributed by atoms with Gasteiger partial charge in [-0.05, 0) is 49.1 Å². The van der Waals surface area contributed by atoms with E-state index >= 15 is 0 Å². The maximum atomic E-state index is 12.7. The number of nitrogens with two attached hydrogens (primary N) is 1. The molecule has 1 atom stereocenters. The standard InChI is InChI=1S/C20H26ClN5O/c1-13(2)17-10-18(25-20(22)24-17)19(27)23-16-4-3-9-26(12-16)11-14-5-7-15(21)8-6-14/h5-8,10,13,16H,3-4,9,11-12H2,1-2H3,(H,23,27)(H2,22,24,25)/t16-/m1/s1. The number of piperidine rings is 1. The van der Waals surface area contributed by atoms with Gasteiger partial charge in [0.1, 0.15) is 5.69 Å². The minimum absolute atomic E-state index is 0.0947. The summed E-state index contributed by atoms with van der Waals surface area (Å²) in [5.74, 6) is 0.134. The maximum absolute atomic E-state index is 12.7. The van der Waals surface area contributed by atoms with E-state index in [-0.39, 0.29) is 23.8 Å². The Morgan fingerprint density at radius 1 is 1.33 bits per heavy atom. The van der Waals surface area contributed by atoms with Gasteiger partial charge in [0, 0.05) is 29.8 Å². The van der Waals surface area contributed by atoms with E-state index in [1.54, 1.807) is 6.07 Å². The van der Waals surface area contributed by atoms with Crippen molar-refractivity contribution in [2.75, 3.05) is 18.8 Å². The van der Waals surface area contributed by atoms with Crippen LogP contribution in [0.4, 0.5) is 5.95 Å². The predicted octanol–water partition coefficient (Wildman–Crippen LogP) is 3.23. The lowest BCUT2D eigenvalue weighted by Gasteiger charge is -2.33. The first-order chi connectivity index (χ1) is 12.9. The van der Waals surface area contributed by atoms with Gasteiger partial charge in [-0.3, -0.25) is 9.69 Å². The molecule has 1 aromatic carbocycles. The Hall–Kier alpha value is -2.18. The molecule has 0 unspecified atom stereocenters. The molecule has 0 spiro atoms. The number of likely N-dealkylation sites (tertiary alicyclic amines) is 1. The van der Waals surface area contributed by atoms with Crippen LogP contribution in [0, 0.1) is 0 Å². The quantitative estimate of drug-likeness (QED) is 0.822. The van der Waals surface area contributed by atoms with Gasteiger partial charge < -0.3 is 11.1 Å². The van der Waals surface area contributed by atoms with Crippen molar-refractivity contribution in [2.24, 2.45) is 0 Å². The van der Waals surface area contributed by atoms with E-state index in [1.807, 2.05) is 38.1 Å². The van der Waals surface area contributed by atoms with Crippen molar-refractivity contribution in [1.29, 1.82) is 0 Å². The molecule has 27 heavy (non-hydrogen) atoms. The van der Waals surface area contributed by atoms with Crippen molar-refractivity contribution >= 4 is 23.5 Å². The smallest absolute Gasteiger partial charge is 0.270 e. The molecule has 0 saturated carbocycles. The minimum atomic E-state index is -0.190. The molecule has 1 fully saturated rings. The zero-order valence-electron chi connectivity index (χ0n) is 15.8. The van der Waals surface area contributed by atoms with Gasteiger partial charge in [-0.1, -0.05) is 37.6 Å². The summed E-state index contributed by atoms with van der Waals surface area (Å²) in [5, 5.41) is 3.85. The summed E-state index contributed by atoms with van der Waals surface area (Å²) < 4.78 is 0. The fraction of sp³-hybridized carbons (Fsp3) is 0.450. The van der Waals surface area contributed by atoms with Gasteiger partial charge in [0.25, 0.3) is 5.91 Å². The first-order valence-corrected chi connectivity index (χ1v) is 9.70. The number of rotatable bonds is 5. The van der Waals surface area contributed by atoms with Crippen LogP contribution in [0.3, 0.4) is 0 Å². The number of nitrogens with zero attached hydrogens (tertiary/aromatic N) is 3. The Balaban J connectivity index is 1.61. The van der Waals surface area contributed by atoms with Gasteiger partial charge in [-0.25, -0.2) is 9.97 Å². The third-order valence-corrected chi connectivity index (χ3v) is 5.00. The second kappa shape index (κ2) is 8.67. The highest BCUT2D eigenvalue weighted by molar-refractivity contribution is 6.30. The van der Waals surface area contributed by atoms with Crippen LogP contribution in [-0.2, 0) is 6.54 Å². The molecule has 0 radical (unpaired) electrons. The number of carbonyl (C=O) groups excluding carboxylic acids is 1. The van der Waals surface area contributed by atoms with Crippen molar-refractivity contribution in [3.8, 4) is 0 Å². The molecule has 2 heterocycles. The van der Waals surface area contributed by atoms with Crippen LogP contribution in [0.25, 0.3) is 0 Å². The SMILES string of the molecule is CC(C)c1cc(C(=O)N[C@@H]2CCCN(Cc3ccc(Cl)cc3)C2)nc(N)n1. The molecule has 2 aromatic rings. The summed E-state index contributed by atoms with van der Waals surface area (Å²) in [5.41, 5.74) is 8.10. The fourth-order valence-electron chi connectivity index (χ4n) is 3.32. The molecule has 0 aliphatic carbocycles. The number of amides is 1. The number of carbonyl (C=O) groups is 1. The molecule has 144 valence electrons. The van der Waals surface area contributed by atoms with Crippen molar-refractivity contribution in [3.63, 3.8) is 0 Å². The van der Waals surface area contributed by atoms with Crippen LogP contribution >= 0.6 is 11.6 Å². The molecule has 7 heteroatoms. The summed E-state index contributed by atoms with van der Waals surface area (Å²) in [6.45, 7) is 6.71. The van der Waals surface area contributed by atoms with Crippen LogP contribution in [0.15, 0.2) is 30.3 Å². The van der Waals surface area contributed by atoms with Crippen LogP contribution in [0.5, 0.6) is 0 Å².